The fourth-order valence-corrected chi connectivity index (χ4v) is 4.19. The molecule has 0 aliphatic carbocycles. The zero-order chi connectivity index (χ0) is 22.6. The number of Topliss-reactive ketones (excluding diaryl/α,β-unsaturated/α-hetero) is 1. The zero-order valence-corrected chi connectivity index (χ0v) is 18.7. The van der Waals surface area contributed by atoms with Gasteiger partial charge in [-0.2, -0.15) is 10.1 Å². The van der Waals surface area contributed by atoms with Crippen molar-refractivity contribution in [2.24, 2.45) is 11.0 Å². The molecule has 0 saturated carbocycles. The summed E-state index contributed by atoms with van der Waals surface area (Å²) in [6, 6.07) is 9.91. The third kappa shape index (κ3) is 5.04. The highest BCUT2D eigenvalue weighted by Gasteiger charge is 2.23. The van der Waals surface area contributed by atoms with Gasteiger partial charge in [-0.3, -0.25) is 14.6 Å². The van der Waals surface area contributed by atoms with Gasteiger partial charge in [0.1, 0.15) is 11.3 Å². The van der Waals surface area contributed by atoms with Crippen LogP contribution in [0.1, 0.15) is 34.5 Å². The van der Waals surface area contributed by atoms with Crippen molar-refractivity contribution in [3.05, 3.63) is 53.3 Å². The van der Waals surface area contributed by atoms with Crippen LogP contribution in [-0.2, 0) is 9.47 Å². The normalized spacial score (nSPS) is 18.9. The average Bonchev–Trinajstić information content (AvgIpc) is 3.49. The zero-order valence-electron chi connectivity index (χ0n) is 18.7. The van der Waals surface area contributed by atoms with Gasteiger partial charge in [-0.15, -0.1) is 0 Å². The number of anilines is 2. The summed E-state index contributed by atoms with van der Waals surface area (Å²) in [5.41, 5.74) is 6.32. The SMILES string of the molecule is Cc1cccc(/C=N/Nc2cc3nc(C(=O)CC4CCOC4)cn3c(N3CCOCC3)n2)c1. The van der Waals surface area contributed by atoms with Gasteiger partial charge in [-0.05, 0) is 24.8 Å². The van der Waals surface area contributed by atoms with E-state index in [9.17, 15) is 4.79 Å². The Morgan fingerprint density at radius 1 is 1.21 bits per heavy atom. The van der Waals surface area contributed by atoms with Gasteiger partial charge in [-0.1, -0.05) is 29.8 Å². The van der Waals surface area contributed by atoms with Gasteiger partial charge in [-0.25, -0.2) is 4.98 Å². The van der Waals surface area contributed by atoms with Gasteiger partial charge >= 0.3 is 0 Å². The molecule has 3 aromatic rings. The molecule has 2 aliphatic rings. The van der Waals surface area contributed by atoms with E-state index in [1.165, 1.54) is 5.56 Å². The van der Waals surface area contributed by atoms with E-state index in [2.05, 4.69) is 26.5 Å². The molecule has 2 fully saturated rings. The molecule has 1 atom stereocenters. The van der Waals surface area contributed by atoms with Gasteiger partial charge < -0.3 is 14.4 Å². The van der Waals surface area contributed by atoms with E-state index in [1.54, 1.807) is 12.4 Å². The Morgan fingerprint density at radius 3 is 2.88 bits per heavy atom. The van der Waals surface area contributed by atoms with Gasteiger partial charge in [0.15, 0.2) is 11.6 Å². The number of imidazole rings is 1. The molecular formula is C24H28N6O3. The van der Waals surface area contributed by atoms with Crippen LogP contribution in [0, 0.1) is 12.8 Å². The van der Waals surface area contributed by atoms with Crippen LogP contribution in [0.2, 0.25) is 0 Å². The molecule has 2 saturated heterocycles. The number of morpholine rings is 1. The van der Waals surface area contributed by atoms with Gasteiger partial charge in [0, 0.05) is 45.0 Å². The Balaban J connectivity index is 1.43. The number of rotatable bonds is 7. The summed E-state index contributed by atoms with van der Waals surface area (Å²) >= 11 is 0. The van der Waals surface area contributed by atoms with Crippen molar-refractivity contribution >= 4 is 29.4 Å². The highest BCUT2D eigenvalue weighted by molar-refractivity contribution is 5.95. The Morgan fingerprint density at radius 2 is 2.09 bits per heavy atom. The molecular weight excluding hydrogens is 420 g/mol. The maximum absolute atomic E-state index is 12.9. The number of carbonyl (C=O) groups is 1. The van der Waals surface area contributed by atoms with E-state index in [0.29, 0.717) is 43.4 Å². The lowest BCUT2D eigenvalue weighted by atomic mass is 10.0. The first-order valence-electron chi connectivity index (χ1n) is 11.4. The number of nitrogens with zero attached hydrogens (tertiary/aromatic N) is 5. The number of fused-ring (bicyclic) bond motifs is 1. The number of ether oxygens (including phenoxy) is 2. The lowest BCUT2D eigenvalue weighted by Gasteiger charge is -2.28. The molecule has 172 valence electrons. The summed E-state index contributed by atoms with van der Waals surface area (Å²) in [5.74, 6) is 1.60. The van der Waals surface area contributed by atoms with Crippen molar-refractivity contribution in [1.29, 1.82) is 0 Å². The molecule has 9 nitrogen and oxygen atoms in total. The molecule has 0 radical (unpaired) electrons. The van der Waals surface area contributed by atoms with E-state index in [4.69, 9.17) is 14.5 Å². The molecule has 1 unspecified atom stereocenters. The van der Waals surface area contributed by atoms with Crippen LogP contribution in [0.4, 0.5) is 11.8 Å². The Labute approximate surface area is 192 Å². The predicted octanol–water partition coefficient (Wildman–Crippen LogP) is 2.93. The predicted molar refractivity (Wildman–Crippen MR) is 126 cm³/mol. The Hall–Kier alpha value is -3.30. The van der Waals surface area contributed by atoms with Crippen LogP contribution in [0.25, 0.3) is 5.65 Å². The van der Waals surface area contributed by atoms with Crippen LogP contribution in [0.5, 0.6) is 0 Å². The standard InChI is InChI=1S/C24H28N6O3/c1-17-3-2-4-18(11-17)14-25-28-22-13-23-26-20(21(31)12-19-5-8-33-16-19)15-30(23)24(27-22)29-6-9-32-10-7-29/h2-4,11,13-15,19,28H,5-10,12,16H2,1H3/b25-14+. The molecule has 2 aliphatic heterocycles. The van der Waals surface area contributed by atoms with Crippen molar-refractivity contribution in [2.75, 3.05) is 49.8 Å². The lowest BCUT2D eigenvalue weighted by Crippen LogP contribution is -2.38. The minimum absolute atomic E-state index is 0.0362. The molecule has 4 heterocycles. The fraction of sp³-hybridized carbons (Fsp3) is 0.417. The maximum atomic E-state index is 12.9. The van der Waals surface area contributed by atoms with Crippen LogP contribution in [-0.4, -0.2) is 65.9 Å². The third-order valence-electron chi connectivity index (χ3n) is 5.95. The van der Waals surface area contributed by atoms with E-state index in [1.807, 2.05) is 35.6 Å². The maximum Gasteiger partial charge on any atom is 0.213 e. The van der Waals surface area contributed by atoms with Crippen molar-refractivity contribution < 1.29 is 14.3 Å². The minimum Gasteiger partial charge on any atom is -0.381 e. The molecule has 1 N–H and O–H groups in total. The number of aromatic nitrogens is 3. The first-order valence-corrected chi connectivity index (χ1v) is 11.4. The second kappa shape index (κ2) is 9.68. The molecule has 2 aromatic heterocycles. The van der Waals surface area contributed by atoms with E-state index < -0.39 is 0 Å². The summed E-state index contributed by atoms with van der Waals surface area (Å²) in [4.78, 5) is 24.4. The number of benzene rings is 1. The van der Waals surface area contributed by atoms with Gasteiger partial charge in [0.05, 0.1) is 19.4 Å². The summed E-state index contributed by atoms with van der Waals surface area (Å²) < 4.78 is 12.8. The molecule has 5 rings (SSSR count). The molecule has 0 spiro atoms. The number of nitrogens with one attached hydrogen (secondary N) is 1. The number of ketones is 1. The highest BCUT2D eigenvalue weighted by Crippen LogP contribution is 2.23. The number of hydrogen-bond donors (Lipinski definition) is 1. The molecule has 0 amide bonds. The van der Waals surface area contributed by atoms with Crippen LogP contribution < -0.4 is 10.3 Å². The number of aryl methyl sites for hydroxylation is 1. The first-order chi connectivity index (χ1) is 16.2. The smallest absolute Gasteiger partial charge is 0.213 e. The molecule has 33 heavy (non-hydrogen) atoms. The number of hydrazone groups is 1. The van der Waals surface area contributed by atoms with Gasteiger partial charge in [0.2, 0.25) is 5.95 Å². The van der Waals surface area contributed by atoms with E-state index in [0.717, 1.165) is 37.6 Å². The molecule has 1 aromatic carbocycles. The van der Waals surface area contributed by atoms with E-state index >= 15 is 0 Å². The quantitative estimate of drug-likeness (QED) is 0.337. The van der Waals surface area contributed by atoms with Crippen LogP contribution >= 0.6 is 0 Å². The van der Waals surface area contributed by atoms with Crippen molar-refractivity contribution in [1.82, 2.24) is 14.4 Å². The summed E-state index contributed by atoms with van der Waals surface area (Å²) in [6.45, 7) is 6.13. The summed E-state index contributed by atoms with van der Waals surface area (Å²) in [6.07, 6.45) is 4.94. The number of hydrogen-bond acceptors (Lipinski definition) is 8. The van der Waals surface area contributed by atoms with E-state index in [-0.39, 0.29) is 11.7 Å². The average molecular weight is 449 g/mol. The van der Waals surface area contributed by atoms with Crippen LogP contribution in [0.3, 0.4) is 0 Å². The Bertz CT molecular complexity index is 1160. The minimum atomic E-state index is 0.0362. The topological polar surface area (TPSA) is 93.3 Å². The van der Waals surface area contributed by atoms with Crippen molar-refractivity contribution in [3.63, 3.8) is 0 Å². The van der Waals surface area contributed by atoms with Gasteiger partial charge in [0.25, 0.3) is 0 Å². The molecule has 0 bridgehead atoms. The second-order valence-corrected chi connectivity index (χ2v) is 8.54. The third-order valence-corrected chi connectivity index (χ3v) is 5.95. The lowest BCUT2D eigenvalue weighted by molar-refractivity contribution is 0.0948. The Kier molecular flexibility index (Phi) is 6.32. The van der Waals surface area contributed by atoms with Crippen molar-refractivity contribution in [3.8, 4) is 0 Å². The second-order valence-electron chi connectivity index (χ2n) is 8.54. The highest BCUT2D eigenvalue weighted by atomic mass is 16.5. The summed E-state index contributed by atoms with van der Waals surface area (Å²) in [7, 11) is 0. The largest absolute Gasteiger partial charge is 0.381 e. The van der Waals surface area contributed by atoms with Crippen LogP contribution in [0.15, 0.2) is 41.6 Å². The fourth-order valence-electron chi connectivity index (χ4n) is 4.19. The summed E-state index contributed by atoms with van der Waals surface area (Å²) in [5, 5.41) is 4.36. The first kappa shape index (κ1) is 21.5. The monoisotopic (exact) mass is 448 g/mol. The number of carbonyl (C=O) groups excluding carboxylic acids is 1. The van der Waals surface area contributed by atoms with Crippen molar-refractivity contribution in [2.45, 2.75) is 19.8 Å². The molecule has 9 heteroatoms.